The van der Waals surface area contributed by atoms with Crippen molar-refractivity contribution in [3.63, 3.8) is 0 Å². The molecule has 1 aliphatic carbocycles. The predicted octanol–water partition coefficient (Wildman–Crippen LogP) is 0.731. The molecule has 1 aromatic rings. The topological polar surface area (TPSA) is 100 Å². The summed E-state index contributed by atoms with van der Waals surface area (Å²) in [5.74, 6) is 0.186. The number of carbonyl (C=O) groups is 2. The highest BCUT2D eigenvalue weighted by Gasteiger charge is 2.23. The van der Waals surface area contributed by atoms with Gasteiger partial charge < -0.3 is 20.1 Å². The zero-order valence-corrected chi connectivity index (χ0v) is 12.9. The van der Waals surface area contributed by atoms with Gasteiger partial charge in [-0.3, -0.25) is 9.59 Å². The van der Waals surface area contributed by atoms with Crippen LogP contribution in [-0.4, -0.2) is 37.6 Å². The van der Waals surface area contributed by atoms with E-state index in [1.165, 1.54) is 0 Å². The minimum absolute atomic E-state index is 0.0651. The maximum absolute atomic E-state index is 11.7. The molecule has 0 bridgehead atoms. The Balaban J connectivity index is 1.80. The number of amides is 2. The fourth-order valence-electron chi connectivity index (χ4n) is 1.84. The second-order valence-corrected chi connectivity index (χ2v) is 5.11. The fourth-order valence-corrected chi connectivity index (χ4v) is 1.84. The van der Waals surface area contributed by atoms with Gasteiger partial charge in [0.15, 0.2) is 18.1 Å². The van der Waals surface area contributed by atoms with Crippen LogP contribution in [0.15, 0.2) is 18.2 Å². The molecule has 0 unspecified atom stereocenters. The Kier molecular flexibility index (Phi) is 5.80. The first-order chi connectivity index (χ1) is 11.1. The van der Waals surface area contributed by atoms with Crippen LogP contribution < -0.4 is 20.1 Å². The fraction of sp³-hybridized carbons (Fsp3) is 0.438. The highest BCUT2D eigenvalue weighted by molar-refractivity contribution is 5.85. The molecule has 2 rings (SSSR count). The SMILES string of the molecule is CCOc1cc(C#N)ccc1OCC(=O)NCC(=O)NC1CC1. The Bertz CT molecular complexity index is 620. The minimum atomic E-state index is -0.400. The number of hydrogen-bond donors (Lipinski definition) is 2. The van der Waals surface area contributed by atoms with Crippen molar-refractivity contribution in [3.05, 3.63) is 23.8 Å². The van der Waals surface area contributed by atoms with Gasteiger partial charge in [-0.05, 0) is 31.9 Å². The average molecular weight is 317 g/mol. The molecule has 0 aromatic heterocycles. The summed E-state index contributed by atoms with van der Waals surface area (Å²) in [7, 11) is 0. The van der Waals surface area contributed by atoms with Crippen LogP contribution >= 0.6 is 0 Å². The molecule has 7 heteroatoms. The van der Waals surface area contributed by atoms with Crippen LogP contribution in [0.2, 0.25) is 0 Å². The third-order valence-corrected chi connectivity index (χ3v) is 3.12. The minimum Gasteiger partial charge on any atom is -0.490 e. The van der Waals surface area contributed by atoms with E-state index < -0.39 is 5.91 Å². The largest absolute Gasteiger partial charge is 0.490 e. The zero-order chi connectivity index (χ0) is 16.7. The van der Waals surface area contributed by atoms with Crippen molar-refractivity contribution in [2.24, 2.45) is 0 Å². The smallest absolute Gasteiger partial charge is 0.258 e. The zero-order valence-electron chi connectivity index (χ0n) is 12.9. The monoisotopic (exact) mass is 317 g/mol. The Morgan fingerprint density at radius 2 is 2.04 bits per heavy atom. The molecule has 7 nitrogen and oxygen atoms in total. The molecule has 1 fully saturated rings. The number of carbonyl (C=O) groups excluding carboxylic acids is 2. The maximum atomic E-state index is 11.7. The van der Waals surface area contributed by atoms with Crippen LogP contribution in [0.25, 0.3) is 0 Å². The van der Waals surface area contributed by atoms with Gasteiger partial charge in [0.25, 0.3) is 5.91 Å². The number of hydrogen-bond acceptors (Lipinski definition) is 5. The van der Waals surface area contributed by atoms with E-state index in [0.29, 0.717) is 23.7 Å². The molecule has 122 valence electrons. The molecule has 0 aliphatic heterocycles. The molecule has 23 heavy (non-hydrogen) atoms. The molecule has 2 amide bonds. The average Bonchev–Trinajstić information content (AvgIpc) is 3.35. The molecule has 0 atom stereocenters. The lowest BCUT2D eigenvalue weighted by molar-refractivity contribution is -0.127. The van der Waals surface area contributed by atoms with Crippen molar-refractivity contribution in [1.82, 2.24) is 10.6 Å². The van der Waals surface area contributed by atoms with Crippen molar-refractivity contribution in [1.29, 1.82) is 5.26 Å². The summed E-state index contributed by atoms with van der Waals surface area (Å²) < 4.78 is 10.8. The lowest BCUT2D eigenvalue weighted by Crippen LogP contribution is -2.39. The van der Waals surface area contributed by atoms with Crippen molar-refractivity contribution in [2.45, 2.75) is 25.8 Å². The van der Waals surface area contributed by atoms with Gasteiger partial charge in [-0.15, -0.1) is 0 Å². The number of nitrogens with one attached hydrogen (secondary N) is 2. The van der Waals surface area contributed by atoms with Gasteiger partial charge in [-0.1, -0.05) is 0 Å². The van der Waals surface area contributed by atoms with E-state index >= 15 is 0 Å². The van der Waals surface area contributed by atoms with Gasteiger partial charge in [-0.25, -0.2) is 0 Å². The first-order valence-electron chi connectivity index (χ1n) is 7.48. The van der Waals surface area contributed by atoms with E-state index in [1.54, 1.807) is 18.2 Å². The van der Waals surface area contributed by atoms with Gasteiger partial charge >= 0.3 is 0 Å². The summed E-state index contributed by atoms with van der Waals surface area (Å²) in [6.07, 6.45) is 2.00. The molecule has 0 spiro atoms. The number of nitrogens with zero attached hydrogens (tertiary/aromatic N) is 1. The van der Waals surface area contributed by atoms with E-state index in [9.17, 15) is 9.59 Å². The molecule has 1 aromatic carbocycles. The quantitative estimate of drug-likeness (QED) is 0.736. The van der Waals surface area contributed by atoms with Gasteiger partial charge in [0, 0.05) is 12.1 Å². The van der Waals surface area contributed by atoms with E-state index in [-0.39, 0.29) is 25.1 Å². The Morgan fingerprint density at radius 3 is 2.70 bits per heavy atom. The summed E-state index contributed by atoms with van der Waals surface area (Å²) in [4.78, 5) is 23.2. The Labute approximate surface area is 134 Å². The van der Waals surface area contributed by atoms with E-state index in [1.807, 2.05) is 13.0 Å². The summed E-state index contributed by atoms with van der Waals surface area (Å²) in [6, 6.07) is 7.00. The van der Waals surface area contributed by atoms with Crippen LogP contribution in [-0.2, 0) is 9.59 Å². The molecule has 1 saturated carbocycles. The Morgan fingerprint density at radius 1 is 1.26 bits per heavy atom. The van der Waals surface area contributed by atoms with Crippen LogP contribution in [0.4, 0.5) is 0 Å². The van der Waals surface area contributed by atoms with Crippen LogP contribution in [0.1, 0.15) is 25.3 Å². The maximum Gasteiger partial charge on any atom is 0.258 e. The lowest BCUT2D eigenvalue weighted by atomic mass is 10.2. The van der Waals surface area contributed by atoms with E-state index in [2.05, 4.69) is 10.6 Å². The molecule has 2 N–H and O–H groups in total. The van der Waals surface area contributed by atoms with Crippen molar-refractivity contribution < 1.29 is 19.1 Å². The van der Waals surface area contributed by atoms with Crippen molar-refractivity contribution in [3.8, 4) is 17.6 Å². The summed E-state index contributed by atoms with van der Waals surface area (Å²) in [5.41, 5.74) is 0.446. The standard InChI is InChI=1S/C16H19N3O4/c1-2-22-14-7-11(8-17)3-6-13(14)23-10-16(21)18-9-15(20)19-12-4-5-12/h3,6-7,12H,2,4-5,9-10H2,1H3,(H,18,21)(H,19,20). The number of benzene rings is 1. The molecular formula is C16H19N3O4. The first-order valence-corrected chi connectivity index (χ1v) is 7.48. The lowest BCUT2D eigenvalue weighted by Gasteiger charge is -2.12. The third kappa shape index (κ3) is 5.51. The summed E-state index contributed by atoms with van der Waals surface area (Å²) >= 11 is 0. The van der Waals surface area contributed by atoms with Gasteiger partial charge in [0.1, 0.15) is 0 Å². The highest BCUT2D eigenvalue weighted by atomic mass is 16.5. The van der Waals surface area contributed by atoms with E-state index in [0.717, 1.165) is 12.8 Å². The molecule has 1 aliphatic rings. The molecule has 0 heterocycles. The number of nitriles is 1. The highest BCUT2D eigenvalue weighted by Crippen LogP contribution is 2.28. The normalized spacial score (nSPS) is 12.9. The van der Waals surface area contributed by atoms with Crippen molar-refractivity contribution in [2.75, 3.05) is 19.8 Å². The first kappa shape index (κ1) is 16.6. The summed E-state index contributed by atoms with van der Waals surface area (Å²) in [5, 5.41) is 14.1. The molecular weight excluding hydrogens is 298 g/mol. The van der Waals surface area contributed by atoms with E-state index in [4.69, 9.17) is 14.7 Å². The number of rotatable bonds is 8. The van der Waals surface area contributed by atoms with Gasteiger partial charge in [0.05, 0.1) is 24.8 Å². The van der Waals surface area contributed by atoms with Crippen LogP contribution in [0, 0.1) is 11.3 Å². The molecule has 0 saturated heterocycles. The van der Waals surface area contributed by atoms with Crippen LogP contribution in [0.5, 0.6) is 11.5 Å². The summed E-state index contributed by atoms with van der Waals surface area (Å²) in [6.45, 7) is 1.93. The molecule has 0 radical (unpaired) electrons. The Hall–Kier alpha value is -2.75. The van der Waals surface area contributed by atoms with Crippen molar-refractivity contribution >= 4 is 11.8 Å². The van der Waals surface area contributed by atoms with Gasteiger partial charge in [0.2, 0.25) is 5.91 Å². The number of ether oxygens (including phenoxy) is 2. The van der Waals surface area contributed by atoms with Crippen LogP contribution in [0.3, 0.4) is 0 Å². The third-order valence-electron chi connectivity index (χ3n) is 3.12. The predicted molar refractivity (Wildman–Crippen MR) is 82.0 cm³/mol. The second-order valence-electron chi connectivity index (χ2n) is 5.11. The van der Waals surface area contributed by atoms with Gasteiger partial charge in [-0.2, -0.15) is 5.26 Å². The second kappa shape index (κ2) is 8.03.